The van der Waals surface area contributed by atoms with E-state index in [0.29, 0.717) is 35.1 Å². The van der Waals surface area contributed by atoms with Gasteiger partial charge in [-0.2, -0.15) is 0 Å². The molecule has 0 saturated heterocycles. The highest BCUT2D eigenvalue weighted by molar-refractivity contribution is 7.89. The number of nitrogens with one attached hydrogen (secondary N) is 2. The van der Waals surface area contributed by atoms with Gasteiger partial charge in [-0.3, -0.25) is 9.78 Å². The minimum Gasteiger partial charge on any atom is -0.593 e. The van der Waals surface area contributed by atoms with Gasteiger partial charge in [-0.15, -0.1) is 4.31 Å². The zero-order chi connectivity index (χ0) is 33.0. The number of carbonyl (C=O) groups excluding carboxylic acids is 1. The minimum absolute atomic E-state index is 0.140. The number of nitrogens with zero attached hydrogens (tertiary/aromatic N) is 3. The van der Waals surface area contributed by atoms with Crippen LogP contribution in [0.3, 0.4) is 0 Å². The maximum Gasteiger partial charge on any atom is 0.273 e. The number of pyridine rings is 2. The van der Waals surface area contributed by atoms with Gasteiger partial charge in [0.15, 0.2) is 0 Å². The van der Waals surface area contributed by atoms with Crippen LogP contribution in [0.4, 0.5) is 11.4 Å². The highest BCUT2D eigenvalue weighted by Crippen LogP contribution is 2.41. The lowest BCUT2D eigenvalue weighted by Crippen LogP contribution is -2.48. The first-order chi connectivity index (χ1) is 22.0. The van der Waals surface area contributed by atoms with Crippen LogP contribution in [0.1, 0.15) is 78.2 Å². The molecule has 1 amide bonds. The summed E-state index contributed by atoms with van der Waals surface area (Å²) in [5.41, 5.74) is 13.1. The standard InChI is InChI=1S/C36H44N6O3S/c1-7-28-22-42(46(44)31-12-10-18-40-35(31)45-28)21-27-19-25(14-13-23(27)3)32(29-15-16-30(39-8-2)33(37)24(29)4)36(5,6)41-34(43)26-11-9-17-38-20-26/h9-20,28,32,39H,7-8,21-22,37H2,1-6H3,(H,41,43)/t28-,32?,46?/m1/s1. The number of ether oxygens (including phenoxy) is 1. The van der Waals surface area contributed by atoms with E-state index in [4.69, 9.17) is 10.5 Å². The van der Waals surface area contributed by atoms with E-state index in [0.717, 1.165) is 46.5 Å². The van der Waals surface area contributed by atoms with Gasteiger partial charge in [-0.25, -0.2) is 4.98 Å². The maximum atomic E-state index is 13.9. The van der Waals surface area contributed by atoms with Crippen molar-refractivity contribution in [1.82, 2.24) is 19.6 Å². The number of benzene rings is 2. The maximum absolute atomic E-state index is 13.9. The van der Waals surface area contributed by atoms with Crippen molar-refractivity contribution in [2.75, 3.05) is 24.1 Å². The number of fused-ring (bicyclic) bond motifs is 1. The molecule has 3 atom stereocenters. The zero-order valence-electron chi connectivity index (χ0n) is 27.5. The molecule has 1 aliphatic heterocycles. The number of hydrogen-bond donors (Lipinski definition) is 3. The summed E-state index contributed by atoms with van der Waals surface area (Å²) in [5.74, 6) is -0.0409. The number of aromatic nitrogens is 2. The predicted octanol–water partition coefficient (Wildman–Crippen LogP) is 6.14. The average molecular weight is 641 g/mol. The third-order valence-corrected chi connectivity index (χ3v) is 10.1. The van der Waals surface area contributed by atoms with Crippen molar-refractivity contribution in [2.45, 2.75) is 77.0 Å². The van der Waals surface area contributed by atoms with E-state index < -0.39 is 16.9 Å². The van der Waals surface area contributed by atoms with E-state index in [1.807, 2.05) is 44.1 Å². The Hall–Kier alpha value is -4.12. The molecule has 2 aromatic carbocycles. The molecular weight excluding hydrogens is 597 g/mol. The Kier molecular flexibility index (Phi) is 10.2. The van der Waals surface area contributed by atoms with Gasteiger partial charge in [0.1, 0.15) is 6.10 Å². The molecular formula is C36H44N6O3S. The van der Waals surface area contributed by atoms with Crippen LogP contribution in [-0.2, 0) is 17.9 Å². The number of amides is 1. The van der Waals surface area contributed by atoms with Crippen LogP contribution in [-0.4, -0.2) is 49.5 Å². The Labute approximate surface area is 275 Å². The predicted molar refractivity (Wildman–Crippen MR) is 184 cm³/mol. The molecule has 4 aromatic rings. The van der Waals surface area contributed by atoms with Gasteiger partial charge in [0, 0.05) is 42.7 Å². The lowest BCUT2D eigenvalue weighted by molar-refractivity contribution is 0.0905. The highest BCUT2D eigenvalue weighted by Gasteiger charge is 2.37. The van der Waals surface area contributed by atoms with Gasteiger partial charge in [-0.1, -0.05) is 31.2 Å². The number of carbonyl (C=O) groups is 1. The van der Waals surface area contributed by atoms with Crippen LogP contribution < -0.4 is 21.1 Å². The summed E-state index contributed by atoms with van der Waals surface area (Å²) in [5, 5.41) is 6.64. The molecule has 9 nitrogen and oxygen atoms in total. The quantitative estimate of drug-likeness (QED) is 0.139. The number of anilines is 2. The van der Waals surface area contributed by atoms with Crippen LogP contribution in [0.15, 0.2) is 78.1 Å². The molecule has 1 aliphatic rings. The smallest absolute Gasteiger partial charge is 0.273 e. The topological polar surface area (TPSA) is 128 Å². The Morgan fingerprint density at radius 1 is 1.15 bits per heavy atom. The Bertz CT molecular complexity index is 1680. The second-order valence-corrected chi connectivity index (χ2v) is 13.8. The fraction of sp³-hybridized carbons (Fsp3) is 0.361. The van der Waals surface area contributed by atoms with E-state index in [9.17, 15) is 9.35 Å². The SMILES string of the molecule is CCNc1ccc(C(c2ccc(C)c(CN3C[C@@H](CC)Oc4ncccc4[S+]3[O-])c2)C(C)(C)NC(=O)c2cccnc2)c(C)c1N. The van der Waals surface area contributed by atoms with Gasteiger partial charge >= 0.3 is 0 Å². The zero-order valence-corrected chi connectivity index (χ0v) is 28.3. The fourth-order valence-corrected chi connectivity index (χ4v) is 7.40. The molecule has 242 valence electrons. The van der Waals surface area contributed by atoms with Crippen LogP contribution in [0, 0.1) is 13.8 Å². The van der Waals surface area contributed by atoms with E-state index in [1.54, 1.807) is 36.8 Å². The highest BCUT2D eigenvalue weighted by atomic mass is 32.2. The molecule has 3 heterocycles. The normalized spacial score (nSPS) is 17.4. The van der Waals surface area contributed by atoms with Crippen molar-refractivity contribution >= 4 is 28.6 Å². The molecule has 0 bridgehead atoms. The third kappa shape index (κ3) is 6.99. The summed E-state index contributed by atoms with van der Waals surface area (Å²) in [6.45, 7) is 14.0. The average Bonchev–Trinajstić information content (AvgIpc) is 3.18. The monoisotopic (exact) mass is 640 g/mol. The second kappa shape index (κ2) is 14.1. The summed E-state index contributed by atoms with van der Waals surface area (Å²) in [7, 11) is 0. The Morgan fingerprint density at radius 2 is 1.93 bits per heavy atom. The summed E-state index contributed by atoms with van der Waals surface area (Å²) in [4.78, 5) is 22.6. The van der Waals surface area contributed by atoms with E-state index in [-0.39, 0.29) is 17.9 Å². The van der Waals surface area contributed by atoms with Gasteiger partial charge in [0.05, 0.1) is 41.4 Å². The van der Waals surface area contributed by atoms with Gasteiger partial charge in [-0.05, 0) is 93.1 Å². The summed E-state index contributed by atoms with van der Waals surface area (Å²) >= 11 is -1.45. The molecule has 0 spiro atoms. The molecule has 10 heteroatoms. The van der Waals surface area contributed by atoms with Crippen molar-refractivity contribution in [3.05, 3.63) is 107 Å². The lowest BCUT2D eigenvalue weighted by Gasteiger charge is -2.38. The first kappa shape index (κ1) is 33.2. The number of aryl methyl sites for hydroxylation is 1. The lowest BCUT2D eigenvalue weighted by atomic mass is 9.74. The summed E-state index contributed by atoms with van der Waals surface area (Å²) < 4.78 is 22.0. The number of hydrogen-bond acceptors (Lipinski definition) is 8. The first-order valence-corrected chi connectivity index (χ1v) is 16.9. The Morgan fingerprint density at radius 3 is 2.65 bits per heavy atom. The second-order valence-electron chi connectivity index (χ2n) is 12.3. The van der Waals surface area contributed by atoms with Gasteiger partial charge in [0.25, 0.3) is 11.8 Å². The van der Waals surface area contributed by atoms with Gasteiger partial charge in [0.2, 0.25) is 4.90 Å². The summed E-state index contributed by atoms with van der Waals surface area (Å²) in [6, 6.07) is 17.6. The van der Waals surface area contributed by atoms with E-state index >= 15 is 0 Å². The van der Waals surface area contributed by atoms with Crippen molar-refractivity contribution < 1.29 is 14.1 Å². The minimum atomic E-state index is -1.45. The van der Waals surface area contributed by atoms with Crippen molar-refractivity contribution in [1.29, 1.82) is 0 Å². The molecule has 2 unspecified atom stereocenters. The first-order valence-electron chi connectivity index (χ1n) is 15.8. The molecule has 2 aromatic heterocycles. The molecule has 46 heavy (non-hydrogen) atoms. The molecule has 0 radical (unpaired) electrons. The molecule has 0 aliphatic carbocycles. The largest absolute Gasteiger partial charge is 0.593 e. The van der Waals surface area contributed by atoms with Gasteiger partial charge < -0.3 is 25.7 Å². The van der Waals surface area contributed by atoms with Crippen LogP contribution >= 0.6 is 0 Å². The Balaban J connectivity index is 1.57. The molecule has 4 N–H and O–H groups in total. The van der Waals surface area contributed by atoms with Crippen LogP contribution in [0.2, 0.25) is 0 Å². The van der Waals surface area contributed by atoms with E-state index in [2.05, 4.69) is 58.7 Å². The van der Waals surface area contributed by atoms with Crippen molar-refractivity contribution in [3.8, 4) is 5.88 Å². The van der Waals surface area contributed by atoms with Crippen LogP contribution in [0.25, 0.3) is 0 Å². The fourth-order valence-electron chi connectivity index (χ4n) is 6.12. The van der Waals surface area contributed by atoms with Crippen molar-refractivity contribution in [2.24, 2.45) is 0 Å². The van der Waals surface area contributed by atoms with Crippen LogP contribution in [0.5, 0.6) is 5.88 Å². The molecule has 0 fully saturated rings. The molecule has 0 saturated carbocycles. The summed E-state index contributed by atoms with van der Waals surface area (Å²) in [6.07, 6.45) is 5.51. The number of nitrogen functional groups attached to an aromatic ring is 1. The van der Waals surface area contributed by atoms with Crippen molar-refractivity contribution in [3.63, 3.8) is 0 Å². The third-order valence-electron chi connectivity index (χ3n) is 8.67. The number of rotatable bonds is 10. The molecule has 5 rings (SSSR count). The number of nitrogens with two attached hydrogens (primary N) is 1. The van der Waals surface area contributed by atoms with E-state index in [1.165, 1.54) is 0 Å².